The van der Waals surface area contributed by atoms with Crippen molar-refractivity contribution in [2.45, 2.75) is 18.2 Å². The van der Waals surface area contributed by atoms with Gasteiger partial charge in [-0.3, -0.25) is 0 Å². The Morgan fingerprint density at radius 1 is 1.45 bits per heavy atom. The zero-order valence-electron chi connectivity index (χ0n) is 6.35. The molecule has 0 bridgehead atoms. The molecule has 0 unspecified atom stereocenters. The molecule has 0 heterocycles. The number of alkyl halides is 1. The molecule has 0 N–H and O–H groups in total. The average molecular weight is 234 g/mol. The molecule has 1 rings (SSSR count). The molecule has 0 radical (unpaired) electrons. The number of hydrogen-bond donors (Lipinski definition) is 0. The van der Waals surface area contributed by atoms with Crippen molar-refractivity contribution in [2.75, 3.05) is 0 Å². The van der Waals surface area contributed by atoms with Crippen molar-refractivity contribution in [3.8, 4) is 0 Å². The van der Waals surface area contributed by atoms with Crippen LogP contribution in [0, 0.1) is 0 Å². The highest BCUT2D eigenvalue weighted by molar-refractivity contribution is 9.09. The quantitative estimate of drug-likeness (QED) is 0.672. The normalized spacial score (nSPS) is 13.0. The summed E-state index contributed by atoms with van der Waals surface area (Å²) in [5.74, 6) is 0. The predicted octanol–water partition coefficient (Wildman–Crippen LogP) is 4.19. The summed E-state index contributed by atoms with van der Waals surface area (Å²) in [5.41, 5.74) is 1.18. The van der Waals surface area contributed by atoms with Crippen LogP contribution in [-0.4, -0.2) is 0 Å². The first-order chi connectivity index (χ1) is 5.25. The second kappa shape index (κ2) is 4.13. The molecule has 2 heteroatoms. The lowest BCUT2D eigenvalue weighted by Gasteiger charge is -2.07. The van der Waals surface area contributed by atoms with Gasteiger partial charge in [-0.25, -0.2) is 0 Å². The Balaban J connectivity index is 2.93. The minimum atomic E-state index is 0.385. The third-order valence-electron chi connectivity index (χ3n) is 1.60. The summed E-state index contributed by atoms with van der Waals surface area (Å²) in [7, 11) is 0. The summed E-state index contributed by atoms with van der Waals surface area (Å²) in [4.78, 5) is 0.385. The molecule has 0 saturated heterocycles. The van der Waals surface area contributed by atoms with E-state index in [1.54, 1.807) is 0 Å². The lowest BCUT2D eigenvalue weighted by molar-refractivity contribution is 0.911. The third kappa shape index (κ3) is 2.21. The van der Waals surface area contributed by atoms with Gasteiger partial charge in [-0.05, 0) is 18.1 Å². The highest BCUT2D eigenvalue weighted by Crippen LogP contribution is 2.31. The Bertz CT molecular complexity index is 235. The fraction of sp³-hybridized carbons (Fsp3) is 0.333. The summed E-state index contributed by atoms with van der Waals surface area (Å²) in [5, 5.41) is 0.844. The molecule has 0 aliphatic rings. The summed E-state index contributed by atoms with van der Waals surface area (Å²) < 4.78 is 0. The van der Waals surface area contributed by atoms with E-state index in [0.717, 1.165) is 11.4 Å². The van der Waals surface area contributed by atoms with Gasteiger partial charge < -0.3 is 0 Å². The lowest BCUT2D eigenvalue weighted by atomic mass is 10.1. The van der Waals surface area contributed by atoms with Gasteiger partial charge in [0.1, 0.15) is 0 Å². The van der Waals surface area contributed by atoms with Gasteiger partial charge in [-0.2, -0.15) is 0 Å². The molecule has 0 aliphatic carbocycles. The first kappa shape index (κ1) is 9.08. The first-order valence-electron chi connectivity index (χ1n) is 3.64. The summed E-state index contributed by atoms with van der Waals surface area (Å²) in [6.07, 6.45) is 1.06. The van der Waals surface area contributed by atoms with E-state index in [1.807, 2.05) is 24.3 Å². The first-order valence-corrected chi connectivity index (χ1v) is 4.93. The van der Waals surface area contributed by atoms with E-state index >= 15 is 0 Å². The van der Waals surface area contributed by atoms with Crippen LogP contribution < -0.4 is 0 Å². The van der Waals surface area contributed by atoms with Gasteiger partial charge >= 0.3 is 0 Å². The molecule has 0 fully saturated rings. The van der Waals surface area contributed by atoms with Crippen LogP contribution in [0.4, 0.5) is 0 Å². The zero-order valence-corrected chi connectivity index (χ0v) is 8.69. The maximum absolute atomic E-state index is 5.97. The van der Waals surface area contributed by atoms with Crippen molar-refractivity contribution in [3.05, 3.63) is 34.9 Å². The second-order valence-corrected chi connectivity index (χ2v) is 3.91. The van der Waals surface area contributed by atoms with E-state index in [9.17, 15) is 0 Å². The molecule has 1 atom stereocenters. The van der Waals surface area contributed by atoms with Crippen LogP contribution >= 0.6 is 27.5 Å². The number of hydrogen-bond acceptors (Lipinski definition) is 0. The van der Waals surface area contributed by atoms with E-state index in [4.69, 9.17) is 11.6 Å². The molecule has 0 saturated carbocycles. The van der Waals surface area contributed by atoms with Crippen LogP contribution in [0.1, 0.15) is 23.7 Å². The second-order valence-electron chi connectivity index (χ2n) is 2.40. The lowest BCUT2D eigenvalue weighted by Crippen LogP contribution is -1.87. The molecule has 0 nitrogen and oxygen atoms in total. The van der Waals surface area contributed by atoms with E-state index in [2.05, 4.69) is 22.9 Å². The summed E-state index contributed by atoms with van der Waals surface area (Å²) in [6.45, 7) is 2.13. The van der Waals surface area contributed by atoms with Gasteiger partial charge in [0.25, 0.3) is 0 Å². The van der Waals surface area contributed by atoms with Crippen molar-refractivity contribution in [2.24, 2.45) is 0 Å². The molecule has 11 heavy (non-hydrogen) atoms. The molecule has 0 amide bonds. The average Bonchev–Trinajstić information content (AvgIpc) is 2.04. The Labute approximate surface area is 80.7 Å². The minimum Gasteiger partial charge on any atom is -0.0840 e. The van der Waals surface area contributed by atoms with Crippen LogP contribution in [0.2, 0.25) is 5.02 Å². The molecule has 1 aromatic rings. The summed E-state index contributed by atoms with van der Waals surface area (Å²) >= 11 is 9.52. The molecule has 60 valence electrons. The smallest absolute Gasteiger partial charge is 0.0449 e. The van der Waals surface area contributed by atoms with Crippen LogP contribution in [0.3, 0.4) is 0 Å². The van der Waals surface area contributed by atoms with Crippen molar-refractivity contribution in [1.29, 1.82) is 0 Å². The van der Waals surface area contributed by atoms with Crippen LogP contribution in [-0.2, 0) is 0 Å². The van der Waals surface area contributed by atoms with Gasteiger partial charge in [-0.15, -0.1) is 0 Å². The molecule has 0 spiro atoms. The largest absolute Gasteiger partial charge is 0.0840 e. The van der Waals surface area contributed by atoms with Crippen molar-refractivity contribution in [3.63, 3.8) is 0 Å². The highest BCUT2D eigenvalue weighted by atomic mass is 79.9. The van der Waals surface area contributed by atoms with Gasteiger partial charge in [-0.1, -0.05) is 52.7 Å². The maximum Gasteiger partial charge on any atom is 0.0449 e. The SMILES string of the molecule is CC[C@@H](Br)c1ccccc1Cl. The van der Waals surface area contributed by atoms with Gasteiger partial charge in [0, 0.05) is 9.85 Å². The maximum atomic E-state index is 5.97. The van der Waals surface area contributed by atoms with Gasteiger partial charge in [0.05, 0.1) is 0 Å². The van der Waals surface area contributed by atoms with Gasteiger partial charge in [0.15, 0.2) is 0 Å². The highest BCUT2D eigenvalue weighted by Gasteiger charge is 2.06. The molecule has 0 aromatic heterocycles. The minimum absolute atomic E-state index is 0.385. The molecular formula is C9H10BrCl. The molecular weight excluding hydrogens is 223 g/mol. The fourth-order valence-electron chi connectivity index (χ4n) is 0.949. The number of halogens is 2. The predicted molar refractivity (Wildman–Crippen MR) is 53.4 cm³/mol. The fourth-order valence-corrected chi connectivity index (χ4v) is 1.75. The Hall–Kier alpha value is -0.0100. The topological polar surface area (TPSA) is 0 Å². The van der Waals surface area contributed by atoms with E-state index in [1.165, 1.54) is 5.56 Å². The summed E-state index contributed by atoms with van der Waals surface area (Å²) in [6, 6.07) is 7.92. The number of rotatable bonds is 2. The Morgan fingerprint density at radius 2 is 2.09 bits per heavy atom. The Kier molecular flexibility index (Phi) is 3.41. The van der Waals surface area contributed by atoms with Crippen molar-refractivity contribution < 1.29 is 0 Å². The molecule has 1 aromatic carbocycles. The van der Waals surface area contributed by atoms with E-state index < -0.39 is 0 Å². The zero-order chi connectivity index (χ0) is 8.27. The number of benzene rings is 1. The van der Waals surface area contributed by atoms with Crippen LogP contribution in [0.5, 0.6) is 0 Å². The van der Waals surface area contributed by atoms with Crippen molar-refractivity contribution >= 4 is 27.5 Å². The van der Waals surface area contributed by atoms with Crippen LogP contribution in [0.15, 0.2) is 24.3 Å². The van der Waals surface area contributed by atoms with Gasteiger partial charge in [0.2, 0.25) is 0 Å². The standard InChI is InChI=1S/C9H10BrCl/c1-2-8(10)7-5-3-4-6-9(7)11/h3-6,8H,2H2,1H3/t8-/m1/s1. The van der Waals surface area contributed by atoms with Crippen LogP contribution in [0.25, 0.3) is 0 Å². The molecule has 0 aliphatic heterocycles. The van der Waals surface area contributed by atoms with E-state index in [0.29, 0.717) is 4.83 Å². The third-order valence-corrected chi connectivity index (χ3v) is 3.09. The van der Waals surface area contributed by atoms with E-state index in [-0.39, 0.29) is 0 Å². The Morgan fingerprint density at radius 3 is 2.64 bits per heavy atom. The monoisotopic (exact) mass is 232 g/mol. The van der Waals surface area contributed by atoms with Crippen molar-refractivity contribution in [1.82, 2.24) is 0 Å².